The molecule has 104 valence electrons. The van der Waals surface area contributed by atoms with Gasteiger partial charge in [-0.15, -0.1) is 0 Å². The summed E-state index contributed by atoms with van der Waals surface area (Å²) in [5.41, 5.74) is -0.450. The van der Waals surface area contributed by atoms with Crippen molar-refractivity contribution in [3.63, 3.8) is 0 Å². The molecule has 0 unspecified atom stereocenters. The molecule has 7 heteroatoms. The Balaban J connectivity index is 2.89. The number of aromatic carboxylic acids is 1. The number of halogens is 5. The van der Waals surface area contributed by atoms with Gasteiger partial charge in [-0.25, -0.2) is 9.18 Å². The summed E-state index contributed by atoms with van der Waals surface area (Å²) in [6.07, 6.45) is 0. The third-order valence-electron chi connectivity index (χ3n) is 2.61. The Morgan fingerprint density at radius 3 is 2.10 bits per heavy atom. The SMILES string of the molecule is O=C(O)c1c(F)cccc1-c1c(Cl)c(Cl)cc(Cl)c1Cl. The van der Waals surface area contributed by atoms with Crippen LogP contribution in [0.3, 0.4) is 0 Å². The van der Waals surface area contributed by atoms with E-state index in [1.54, 1.807) is 0 Å². The lowest BCUT2D eigenvalue weighted by molar-refractivity contribution is 0.0693. The Morgan fingerprint density at radius 2 is 1.60 bits per heavy atom. The molecule has 0 aliphatic heterocycles. The smallest absolute Gasteiger partial charge is 0.339 e. The molecule has 1 N–H and O–H groups in total. The van der Waals surface area contributed by atoms with Gasteiger partial charge in [0.15, 0.2) is 0 Å². The summed E-state index contributed by atoms with van der Waals surface area (Å²) in [5.74, 6) is -2.35. The van der Waals surface area contributed by atoms with Gasteiger partial charge in [-0.1, -0.05) is 58.5 Å². The van der Waals surface area contributed by atoms with Gasteiger partial charge in [0.1, 0.15) is 11.4 Å². The Labute approximate surface area is 133 Å². The molecule has 0 saturated carbocycles. The molecule has 0 spiro atoms. The Hall–Kier alpha value is -1.000. The molecule has 0 amide bonds. The summed E-state index contributed by atoms with van der Waals surface area (Å²) < 4.78 is 13.7. The molecule has 0 aliphatic carbocycles. The van der Waals surface area contributed by atoms with Gasteiger partial charge >= 0.3 is 5.97 Å². The first-order chi connectivity index (χ1) is 9.34. The van der Waals surface area contributed by atoms with Crippen molar-refractivity contribution in [2.75, 3.05) is 0 Å². The number of carboxylic acid groups (broad SMARTS) is 1. The van der Waals surface area contributed by atoms with Crippen LogP contribution < -0.4 is 0 Å². The van der Waals surface area contributed by atoms with Gasteiger partial charge in [0.05, 0.1) is 20.1 Å². The van der Waals surface area contributed by atoms with Gasteiger partial charge < -0.3 is 5.11 Å². The number of benzene rings is 2. The molecule has 0 aliphatic rings. The first-order valence-corrected chi connectivity index (χ1v) is 6.71. The van der Waals surface area contributed by atoms with Crippen LogP contribution in [0.15, 0.2) is 24.3 Å². The van der Waals surface area contributed by atoms with Crippen LogP contribution in [0.5, 0.6) is 0 Å². The molecule has 0 saturated heterocycles. The van der Waals surface area contributed by atoms with Gasteiger partial charge in [0.25, 0.3) is 0 Å². The van der Waals surface area contributed by atoms with E-state index in [0.717, 1.165) is 6.07 Å². The number of carbonyl (C=O) groups is 1. The van der Waals surface area contributed by atoms with Crippen molar-refractivity contribution in [3.8, 4) is 11.1 Å². The standard InChI is InChI=1S/C13H5Cl4FO2/c14-6-4-7(15)12(17)10(11(6)16)5-2-1-3-8(18)9(5)13(19)20/h1-4H,(H,19,20). The average Bonchev–Trinajstić information content (AvgIpc) is 2.36. The van der Waals surface area contributed by atoms with E-state index >= 15 is 0 Å². The van der Waals surface area contributed by atoms with Crippen molar-refractivity contribution in [1.82, 2.24) is 0 Å². The quantitative estimate of drug-likeness (QED) is 0.692. The van der Waals surface area contributed by atoms with Crippen LogP contribution >= 0.6 is 46.4 Å². The van der Waals surface area contributed by atoms with Crippen LogP contribution in [0.4, 0.5) is 4.39 Å². The van der Waals surface area contributed by atoms with E-state index in [0.29, 0.717) is 0 Å². The maximum atomic E-state index is 13.7. The average molecular weight is 354 g/mol. The van der Waals surface area contributed by atoms with E-state index in [1.165, 1.54) is 18.2 Å². The molecular weight excluding hydrogens is 349 g/mol. The van der Waals surface area contributed by atoms with Crippen LogP contribution in [0, 0.1) is 5.82 Å². The van der Waals surface area contributed by atoms with E-state index in [1.807, 2.05) is 0 Å². The topological polar surface area (TPSA) is 37.3 Å². The first-order valence-electron chi connectivity index (χ1n) is 5.19. The highest BCUT2D eigenvalue weighted by atomic mass is 35.5. The zero-order chi connectivity index (χ0) is 15.0. The molecular formula is C13H5Cl4FO2. The second kappa shape index (κ2) is 5.78. The van der Waals surface area contributed by atoms with Gasteiger partial charge in [0.2, 0.25) is 0 Å². The molecule has 0 heterocycles. The molecule has 20 heavy (non-hydrogen) atoms. The monoisotopic (exact) mass is 352 g/mol. The predicted molar refractivity (Wildman–Crippen MR) is 78.8 cm³/mol. The maximum absolute atomic E-state index is 13.7. The zero-order valence-electron chi connectivity index (χ0n) is 9.55. The lowest BCUT2D eigenvalue weighted by atomic mass is 9.99. The zero-order valence-corrected chi connectivity index (χ0v) is 12.6. The minimum Gasteiger partial charge on any atom is -0.478 e. The fraction of sp³-hybridized carbons (Fsp3) is 0. The molecule has 2 rings (SSSR count). The van der Waals surface area contributed by atoms with Crippen LogP contribution in [0.1, 0.15) is 10.4 Å². The minimum absolute atomic E-state index is 0.00849. The van der Waals surface area contributed by atoms with E-state index in [9.17, 15) is 9.18 Å². The molecule has 2 aromatic rings. The van der Waals surface area contributed by atoms with Gasteiger partial charge in [-0.2, -0.15) is 0 Å². The summed E-state index contributed by atoms with van der Waals surface area (Å²) in [6.45, 7) is 0. The van der Waals surface area contributed by atoms with Gasteiger partial charge in [-0.05, 0) is 12.1 Å². The van der Waals surface area contributed by atoms with E-state index < -0.39 is 17.3 Å². The number of hydrogen-bond acceptors (Lipinski definition) is 1. The molecule has 0 aromatic heterocycles. The number of rotatable bonds is 2. The largest absolute Gasteiger partial charge is 0.478 e. The predicted octanol–water partition coefficient (Wildman–Crippen LogP) is 5.80. The van der Waals surface area contributed by atoms with Crippen molar-refractivity contribution < 1.29 is 14.3 Å². The summed E-state index contributed by atoms with van der Waals surface area (Å²) in [5, 5.41) is 9.34. The lowest BCUT2D eigenvalue weighted by Gasteiger charge is -2.13. The van der Waals surface area contributed by atoms with Crippen LogP contribution in [0.25, 0.3) is 11.1 Å². The van der Waals surface area contributed by atoms with Crippen LogP contribution in [0.2, 0.25) is 20.1 Å². The summed E-state index contributed by atoms with van der Waals surface area (Å²) in [7, 11) is 0. The van der Waals surface area contributed by atoms with Gasteiger partial charge in [-0.3, -0.25) is 0 Å². The van der Waals surface area contributed by atoms with Crippen molar-refractivity contribution in [2.45, 2.75) is 0 Å². The Morgan fingerprint density at radius 1 is 1.05 bits per heavy atom. The second-order valence-corrected chi connectivity index (χ2v) is 5.38. The maximum Gasteiger partial charge on any atom is 0.339 e. The van der Waals surface area contributed by atoms with Crippen LogP contribution in [-0.2, 0) is 0 Å². The Kier molecular flexibility index (Phi) is 4.45. The minimum atomic E-state index is -1.44. The van der Waals surface area contributed by atoms with E-state index in [2.05, 4.69) is 0 Å². The van der Waals surface area contributed by atoms with Crippen molar-refractivity contribution in [3.05, 3.63) is 55.7 Å². The highest BCUT2D eigenvalue weighted by molar-refractivity contribution is 6.50. The number of carboxylic acids is 1. The van der Waals surface area contributed by atoms with Crippen molar-refractivity contribution >= 4 is 52.4 Å². The van der Waals surface area contributed by atoms with E-state index in [4.69, 9.17) is 51.5 Å². The summed E-state index contributed by atoms with van der Waals surface area (Å²) >= 11 is 23.9. The fourth-order valence-electron chi connectivity index (χ4n) is 1.76. The molecule has 2 aromatic carbocycles. The second-order valence-electron chi connectivity index (χ2n) is 3.81. The van der Waals surface area contributed by atoms with Crippen LogP contribution in [-0.4, -0.2) is 11.1 Å². The first kappa shape index (κ1) is 15.4. The third-order valence-corrected chi connectivity index (χ3v) is 4.18. The molecule has 0 fully saturated rings. The summed E-state index contributed by atoms with van der Waals surface area (Å²) in [4.78, 5) is 11.2. The summed E-state index contributed by atoms with van der Waals surface area (Å²) in [6, 6.07) is 5.09. The highest BCUT2D eigenvalue weighted by Gasteiger charge is 2.23. The highest BCUT2D eigenvalue weighted by Crippen LogP contribution is 2.44. The molecule has 2 nitrogen and oxygen atoms in total. The lowest BCUT2D eigenvalue weighted by Crippen LogP contribution is -2.04. The van der Waals surface area contributed by atoms with Crippen molar-refractivity contribution in [1.29, 1.82) is 0 Å². The normalized spacial score (nSPS) is 10.7. The molecule has 0 bridgehead atoms. The molecule has 0 atom stereocenters. The van der Waals surface area contributed by atoms with E-state index in [-0.39, 0.29) is 31.2 Å². The van der Waals surface area contributed by atoms with Gasteiger partial charge in [0, 0.05) is 11.1 Å². The Bertz CT molecular complexity index is 690. The third kappa shape index (κ3) is 2.59. The van der Waals surface area contributed by atoms with Crippen molar-refractivity contribution in [2.24, 2.45) is 0 Å². The molecule has 0 radical (unpaired) electrons. The fourth-order valence-corrected chi connectivity index (χ4v) is 2.77. The number of hydrogen-bond donors (Lipinski definition) is 1.